The molecule has 0 amide bonds. The van der Waals surface area contributed by atoms with Crippen LogP contribution in [0, 0.1) is 0 Å². The predicted octanol–water partition coefficient (Wildman–Crippen LogP) is 2.27. The van der Waals surface area contributed by atoms with Gasteiger partial charge in [0.25, 0.3) is 5.60 Å². The lowest BCUT2D eigenvalue weighted by Gasteiger charge is -2.31. The Balaban J connectivity index is 2.28. The number of aromatic carboxylic acids is 1. The second-order valence-electron chi connectivity index (χ2n) is 4.70. The molecule has 2 aromatic heterocycles. The Kier molecular flexibility index (Phi) is 4.12. The van der Waals surface area contributed by atoms with Crippen LogP contribution < -0.4 is 4.74 Å². The fourth-order valence-electron chi connectivity index (χ4n) is 1.73. The summed E-state index contributed by atoms with van der Waals surface area (Å²) in [7, 11) is 0. The van der Waals surface area contributed by atoms with E-state index in [2.05, 4.69) is 9.84 Å². The largest absolute Gasteiger partial charge is 0.488 e. The third-order valence-corrected chi connectivity index (χ3v) is 3.11. The zero-order valence-electron chi connectivity index (χ0n) is 11.4. The van der Waals surface area contributed by atoms with E-state index in [-0.39, 0.29) is 11.1 Å². The summed E-state index contributed by atoms with van der Waals surface area (Å²) in [6, 6.07) is 2.04. The van der Waals surface area contributed by atoms with Crippen molar-refractivity contribution in [1.82, 2.24) is 9.61 Å². The Morgan fingerprint density at radius 1 is 1.17 bits per heavy atom. The Labute approximate surface area is 128 Å². The summed E-state index contributed by atoms with van der Waals surface area (Å²) in [6.07, 6.45) is -10.2. The number of halogens is 6. The average molecular weight is 358 g/mol. The van der Waals surface area contributed by atoms with Crippen molar-refractivity contribution in [1.29, 1.82) is 0 Å². The van der Waals surface area contributed by atoms with Gasteiger partial charge in [-0.3, -0.25) is 0 Å². The molecule has 0 spiro atoms. The van der Waals surface area contributed by atoms with E-state index in [4.69, 9.17) is 10.2 Å². The number of pyridine rings is 1. The molecule has 132 valence electrons. The molecule has 0 aromatic carbocycles. The highest BCUT2D eigenvalue weighted by Gasteiger charge is 2.71. The maximum absolute atomic E-state index is 12.5. The summed E-state index contributed by atoms with van der Waals surface area (Å²) in [6.45, 7) is -2.13. The molecule has 24 heavy (non-hydrogen) atoms. The fraction of sp³-hybridized carbons (Fsp3) is 0.333. The van der Waals surface area contributed by atoms with Gasteiger partial charge in [-0.2, -0.15) is 31.4 Å². The van der Waals surface area contributed by atoms with Crippen molar-refractivity contribution < 1.29 is 46.1 Å². The van der Waals surface area contributed by atoms with Gasteiger partial charge in [0, 0.05) is 0 Å². The highest BCUT2D eigenvalue weighted by Crippen LogP contribution is 2.43. The summed E-state index contributed by atoms with van der Waals surface area (Å²) in [4.78, 5) is 10.9. The fourth-order valence-corrected chi connectivity index (χ4v) is 1.73. The number of aromatic nitrogens is 2. The number of aliphatic hydroxyl groups is 1. The number of nitrogens with zero attached hydrogens (tertiary/aromatic N) is 2. The topological polar surface area (TPSA) is 84.1 Å². The monoisotopic (exact) mass is 358 g/mol. The van der Waals surface area contributed by atoms with Crippen molar-refractivity contribution in [2.75, 3.05) is 6.61 Å². The van der Waals surface area contributed by atoms with E-state index in [1.165, 1.54) is 0 Å². The minimum absolute atomic E-state index is 0.0526. The van der Waals surface area contributed by atoms with E-state index >= 15 is 0 Å². The van der Waals surface area contributed by atoms with Gasteiger partial charge in [0.05, 0.1) is 17.9 Å². The third-order valence-electron chi connectivity index (χ3n) is 3.11. The van der Waals surface area contributed by atoms with Gasteiger partial charge in [0.15, 0.2) is 0 Å². The zero-order valence-corrected chi connectivity index (χ0v) is 11.4. The first-order valence-corrected chi connectivity index (χ1v) is 6.06. The third kappa shape index (κ3) is 2.96. The van der Waals surface area contributed by atoms with Crippen molar-refractivity contribution in [3.63, 3.8) is 0 Å². The molecule has 2 aromatic rings. The van der Waals surface area contributed by atoms with Crippen LogP contribution in [-0.4, -0.2) is 50.4 Å². The van der Waals surface area contributed by atoms with E-state index in [1.54, 1.807) is 0 Å². The SMILES string of the molecule is O=C(O)c1cnn2cc(OCC(O)(C(F)(F)F)C(F)(F)F)ccc12. The molecule has 12 heteroatoms. The van der Waals surface area contributed by atoms with Gasteiger partial charge in [-0.05, 0) is 12.1 Å². The Bertz CT molecular complexity index is 753. The minimum Gasteiger partial charge on any atom is -0.488 e. The van der Waals surface area contributed by atoms with E-state index in [1.807, 2.05) is 0 Å². The van der Waals surface area contributed by atoms with Gasteiger partial charge in [-0.25, -0.2) is 9.31 Å². The summed E-state index contributed by atoms with van der Waals surface area (Å²) >= 11 is 0. The molecule has 0 aliphatic heterocycles. The van der Waals surface area contributed by atoms with Crippen LogP contribution in [0.2, 0.25) is 0 Å². The first kappa shape index (κ1) is 17.8. The molecule has 0 aliphatic carbocycles. The molecule has 0 saturated heterocycles. The molecular weight excluding hydrogens is 350 g/mol. The van der Waals surface area contributed by atoms with Crippen LogP contribution in [0.15, 0.2) is 24.5 Å². The van der Waals surface area contributed by atoms with Gasteiger partial charge >= 0.3 is 18.3 Å². The summed E-state index contributed by atoms with van der Waals surface area (Å²) in [5.74, 6) is -1.79. The molecule has 0 unspecified atom stereocenters. The number of alkyl halides is 6. The minimum atomic E-state index is -6.00. The number of carboxylic acids is 1. The Morgan fingerprint density at radius 3 is 2.25 bits per heavy atom. The smallest absolute Gasteiger partial charge is 0.429 e. The molecule has 0 bridgehead atoms. The lowest BCUT2D eigenvalue weighted by atomic mass is 10.0. The van der Waals surface area contributed by atoms with Crippen molar-refractivity contribution in [2.45, 2.75) is 18.0 Å². The molecular formula is C12H8F6N2O4. The van der Waals surface area contributed by atoms with E-state index in [0.717, 1.165) is 29.0 Å². The second-order valence-corrected chi connectivity index (χ2v) is 4.70. The van der Waals surface area contributed by atoms with E-state index in [9.17, 15) is 31.1 Å². The van der Waals surface area contributed by atoms with Crippen molar-refractivity contribution in [3.05, 3.63) is 30.1 Å². The van der Waals surface area contributed by atoms with Gasteiger partial charge in [-0.1, -0.05) is 0 Å². The summed E-state index contributed by atoms with van der Waals surface area (Å²) < 4.78 is 80.4. The van der Waals surface area contributed by atoms with Crippen LogP contribution in [0.3, 0.4) is 0 Å². The quantitative estimate of drug-likeness (QED) is 0.820. The lowest BCUT2D eigenvalue weighted by molar-refractivity contribution is -0.373. The molecule has 0 atom stereocenters. The number of carbonyl (C=O) groups is 1. The Morgan fingerprint density at radius 2 is 1.75 bits per heavy atom. The second kappa shape index (κ2) is 5.54. The molecule has 2 heterocycles. The number of ether oxygens (including phenoxy) is 1. The molecule has 0 fully saturated rings. The molecule has 0 aliphatic rings. The molecule has 6 nitrogen and oxygen atoms in total. The number of fused-ring (bicyclic) bond motifs is 1. The first-order valence-electron chi connectivity index (χ1n) is 6.06. The maximum atomic E-state index is 12.5. The summed E-state index contributed by atoms with van der Waals surface area (Å²) in [5, 5.41) is 21.4. The van der Waals surface area contributed by atoms with Crippen LogP contribution in [0.1, 0.15) is 10.4 Å². The maximum Gasteiger partial charge on any atom is 0.429 e. The van der Waals surface area contributed by atoms with Crippen molar-refractivity contribution in [3.8, 4) is 5.75 Å². The lowest BCUT2D eigenvalue weighted by Crippen LogP contribution is -2.60. The van der Waals surface area contributed by atoms with Gasteiger partial charge in [0.2, 0.25) is 0 Å². The highest BCUT2D eigenvalue weighted by atomic mass is 19.4. The average Bonchev–Trinajstić information content (AvgIpc) is 2.85. The van der Waals surface area contributed by atoms with E-state index in [0.29, 0.717) is 0 Å². The van der Waals surface area contributed by atoms with Crippen LogP contribution >= 0.6 is 0 Å². The number of carboxylic acid groups (broad SMARTS) is 1. The number of rotatable bonds is 4. The van der Waals surface area contributed by atoms with Gasteiger partial charge < -0.3 is 14.9 Å². The van der Waals surface area contributed by atoms with Crippen molar-refractivity contribution in [2.24, 2.45) is 0 Å². The number of hydrogen-bond donors (Lipinski definition) is 2. The van der Waals surface area contributed by atoms with Crippen LogP contribution in [0.4, 0.5) is 26.3 Å². The first-order chi connectivity index (χ1) is 10.9. The normalized spacial score (nSPS) is 13.3. The molecule has 0 radical (unpaired) electrons. The standard InChI is InChI=1S/C12H8F6N2O4/c13-11(14,15)10(23,12(16,17)18)5-24-6-1-2-8-7(9(21)22)3-19-20(8)4-6/h1-4,23H,5H2,(H,21,22). The van der Waals surface area contributed by atoms with Crippen molar-refractivity contribution >= 4 is 11.5 Å². The van der Waals surface area contributed by atoms with E-state index < -0.39 is 36.3 Å². The van der Waals surface area contributed by atoms with Crippen LogP contribution in [0.5, 0.6) is 5.75 Å². The molecule has 0 saturated carbocycles. The summed E-state index contributed by atoms with van der Waals surface area (Å²) in [5.41, 5.74) is -5.22. The van der Waals surface area contributed by atoms with Crippen LogP contribution in [-0.2, 0) is 0 Å². The zero-order chi connectivity index (χ0) is 18.3. The van der Waals surface area contributed by atoms with Gasteiger partial charge in [-0.15, -0.1) is 0 Å². The highest BCUT2D eigenvalue weighted by molar-refractivity contribution is 5.95. The molecule has 2 rings (SSSR count). The van der Waals surface area contributed by atoms with Gasteiger partial charge in [0.1, 0.15) is 17.9 Å². The predicted molar refractivity (Wildman–Crippen MR) is 64.7 cm³/mol. The van der Waals surface area contributed by atoms with Crippen LogP contribution in [0.25, 0.3) is 5.52 Å². The Hall–Kier alpha value is -2.50. The number of hydrogen-bond acceptors (Lipinski definition) is 4. The molecule has 2 N–H and O–H groups in total.